The van der Waals surface area contributed by atoms with Crippen molar-refractivity contribution in [1.82, 2.24) is 0 Å². The first kappa shape index (κ1) is 22.7. The smallest absolute Gasteiger partial charge is 0.174 e. The molecule has 4 heteroatoms. The zero-order valence-corrected chi connectivity index (χ0v) is 19.5. The van der Waals surface area contributed by atoms with Crippen LogP contribution in [0.5, 0.6) is 0 Å². The number of hydrogen-bond acceptors (Lipinski definition) is 3. The Hall–Kier alpha value is -0.603. The third-order valence-corrected chi connectivity index (χ3v) is 13.8. The Morgan fingerprint density at radius 3 is 2.07 bits per heavy atom. The Kier molecular flexibility index (Phi) is 7.07. The first-order valence-electron chi connectivity index (χ1n) is 10.7. The summed E-state index contributed by atoms with van der Waals surface area (Å²) in [5.41, 5.74) is 5.09. The molecule has 0 radical (unpaired) electrons. The lowest BCUT2D eigenvalue weighted by molar-refractivity contribution is -0.227. The lowest BCUT2D eigenvalue weighted by atomic mass is 9.71. The van der Waals surface area contributed by atoms with Crippen LogP contribution in [0.25, 0.3) is 0 Å². The van der Waals surface area contributed by atoms with Crippen LogP contribution in [0, 0.1) is 22.8 Å². The summed E-state index contributed by atoms with van der Waals surface area (Å²) in [7, 11) is -1.85. The minimum atomic E-state index is -1.85. The fourth-order valence-corrected chi connectivity index (χ4v) is 11.3. The molecule has 1 N–H and O–H groups in total. The maximum atomic E-state index is 11.2. The molecule has 0 aromatic carbocycles. The Labute approximate surface area is 167 Å². The van der Waals surface area contributed by atoms with Gasteiger partial charge in [-0.3, -0.25) is 0 Å². The molecule has 1 spiro atoms. The summed E-state index contributed by atoms with van der Waals surface area (Å²) >= 11 is 0. The average molecular weight is 393 g/mol. The molecular formula is C23H40O3Si. The van der Waals surface area contributed by atoms with E-state index in [4.69, 9.17) is 9.47 Å². The fraction of sp³-hybridized carbons (Fsp3) is 0.826. The molecule has 2 rings (SSSR count). The fourth-order valence-electron chi connectivity index (χ4n) is 6.01. The standard InChI is InChI=1S/C23H40O3Si/c1-9-12-22(8)20(10-13-23(22)25-14-15-26-23)21(24)11-16-27(17(2)3,18(4)5)19(6)7/h9,17-21,24H,1,10,12-15H2,2-8H3/t20-,21?,22+/m1/s1. The van der Waals surface area contributed by atoms with Crippen molar-refractivity contribution < 1.29 is 14.6 Å². The Morgan fingerprint density at radius 1 is 1.11 bits per heavy atom. The molecule has 1 saturated carbocycles. The van der Waals surface area contributed by atoms with Crippen LogP contribution in [0.1, 0.15) is 67.7 Å². The van der Waals surface area contributed by atoms with E-state index in [1.54, 1.807) is 0 Å². The van der Waals surface area contributed by atoms with E-state index in [1.165, 1.54) is 0 Å². The molecule has 1 saturated heterocycles. The van der Waals surface area contributed by atoms with Crippen molar-refractivity contribution in [1.29, 1.82) is 0 Å². The number of hydrogen-bond donors (Lipinski definition) is 1. The molecule has 1 unspecified atom stereocenters. The van der Waals surface area contributed by atoms with Crippen molar-refractivity contribution in [2.45, 2.75) is 96.2 Å². The van der Waals surface area contributed by atoms with E-state index in [-0.39, 0.29) is 11.3 Å². The van der Waals surface area contributed by atoms with E-state index in [0.717, 1.165) is 19.3 Å². The van der Waals surface area contributed by atoms with E-state index in [0.29, 0.717) is 29.8 Å². The number of aliphatic hydroxyl groups is 1. The number of aliphatic hydroxyl groups excluding tert-OH is 1. The van der Waals surface area contributed by atoms with E-state index in [9.17, 15) is 5.11 Å². The molecule has 1 heterocycles. The van der Waals surface area contributed by atoms with Gasteiger partial charge in [-0.2, -0.15) is 0 Å². The summed E-state index contributed by atoms with van der Waals surface area (Å²) in [6, 6.07) is 0. The summed E-state index contributed by atoms with van der Waals surface area (Å²) < 4.78 is 12.2. The topological polar surface area (TPSA) is 38.7 Å². The van der Waals surface area contributed by atoms with Crippen LogP contribution >= 0.6 is 0 Å². The van der Waals surface area contributed by atoms with Gasteiger partial charge in [0.25, 0.3) is 0 Å². The van der Waals surface area contributed by atoms with Crippen LogP contribution in [-0.4, -0.2) is 38.3 Å². The zero-order valence-electron chi connectivity index (χ0n) is 18.5. The molecule has 27 heavy (non-hydrogen) atoms. The molecule has 0 bridgehead atoms. The Bertz CT molecular complexity index is 558. The second-order valence-electron chi connectivity index (χ2n) is 9.62. The van der Waals surface area contributed by atoms with Gasteiger partial charge in [-0.25, -0.2) is 0 Å². The van der Waals surface area contributed by atoms with Crippen molar-refractivity contribution >= 4 is 8.07 Å². The van der Waals surface area contributed by atoms with Gasteiger partial charge in [-0.15, -0.1) is 12.1 Å². The second-order valence-corrected chi connectivity index (χ2v) is 15.2. The summed E-state index contributed by atoms with van der Waals surface area (Å²) in [6.07, 6.45) is 3.74. The van der Waals surface area contributed by atoms with Crippen LogP contribution in [0.2, 0.25) is 16.6 Å². The lowest BCUT2D eigenvalue weighted by Crippen LogP contribution is -2.48. The third-order valence-electron chi connectivity index (χ3n) is 7.48. The highest BCUT2D eigenvalue weighted by atomic mass is 28.3. The summed E-state index contributed by atoms with van der Waals surface area (Å²) in [5.74, 6) is 2.81. The largest absolute Gasteiger partial charge is 0.380 e. The molecule has 2 aliphatic rings. The first-order chi connectivity index (χ1) is 12.6. The average Bonchev–Trinajstić information content (AvgIpc) is 3.15. The Balaban J connectivity index is 2.36. The predicted molar refractivity (Wildman–Crippen MR) is 115 cm³/mol. The molecule has 0 aromatic rings. The van der Waals surface area contributed by atoms with Crippen LogP contribution < -0.4 is 0 Å². The van der Waals surface area contributed by atoms with Gasteiger partial charge in [-0.05, 0) is 29.5 Å². The highest BCUT2D eigenvalue weighted by Crippen LogP contribution is 2.57. The zero-order chi connectivity index (χ0) is 20.5. The molecule has 1 aliphatic heterocycles. The van der Waals surface area contributed by atoms with Crippen molar-refractivity contribution in [2.75, 3.05) is 13.2 Å². The maximum Gasteiger partial charge on any atom is 0.174 e. The van der Waals surface area contributed by atoms with E-state index < -0.39 is 20.0 Å². The first-order valence-corrected chi connectivity index (χ1v) is 12.9. The minimum absolute atomic E-state index is 0.0410. The van der Waals surface area contributed by atoms with Crippen molar-refractivity contribution in [3.63, 3.8) is 0 Å². The van der Waals surface area contributed by atoms with Crippen molar-refractivity contribution in [3.8, 4) is 11.5 Å². The van der Waals surface area contributed by atoms with Gasteiger partial charge in [0.05, 0.1) is 13.2 Å². The van der Waals surface area contributed by atoms with E-state index in [2.05, 4.69) is 66.5 Å². The van der Waals surface area contributed by atoms with Gasteiger partial charge in [0.15, 0.2) is 5.79 Å². The van der Waals surface area contributed by atoms with Crippen LogP contribution in [0.3, 0.4) is 0 Å². The molecular weight excluding hydrogens is 352 g/mol. The van der Waals surface area contributed by atoms with E-state index >= 15 is 0 Å². The molecule has 1 aliphatic carbocycles. The van der Waals surface area contributed by atoms with Crippen LogP contribution in [0.15, 0.2) is 12.7 Å². The molecule has 0 amide bonds. The van der Waals surface area contributed by atoms with Crippen LogP contribution in [0.4, 0.5) is 0 Å². The molecule has 2 fully saturated rings. The molecule has 3 atom stereocenters. The van der Waals surface area contributed by atoms with Gasteiger partial charge in [-0.1, -0.05) is 60.5 Å². The normalized spacial score (nSPS) is 28.8. The van der Waals surface area contributed by atoms with E-state index in [1.807, 2.05) is 6.08 Å². The summed E-state index contributed by atoms with van der Waals surface area (Å²) in [6.45, 7) is 21.2. The monoisotopic (exact) mass is 392 g/mol. The Morgan fingerprint density at radius 2 is 1.63 bits per heavy atom. The predicted octanol–water partition coefficient (Wildman–Crippen LogP) is 5.30. The third kappa shape index (κ3) is 3.69. The van der Waals surface area contributed by atoms with Crippen molar-refractivity contribution in [2.24, 2.45) is 11.3 Å². The van der Waals surface area contributed by atoms with Crippen molar-refractivity contribution in [3.05, 3.63) is 12.7 Å². The van der Waals surface area contributed by atoms with Gasteiger partial charge < -0.3 is 14.6 Å². The molecule has 154 valence electrons. The minimum Gasteiger partial charge on any atom is -0.380 e. The van der Waals surface area contributed by atoms with Gasteiger partial charge in [0.2, 0.25) is 0 Å². The SMILES string of the molecule is C=CC[C@@]1(C)[C@@H](C(O)C#C[Si](C(C)C)(C(C)C)C(C)C)CCC12OCCO2. The summed E-state index contributed by atoms with van der Waals surface area (Å²) in [4.78, 5) is 0. The molecule has 0 aromatic heterocycles. The number of allylic oxidation sites excluding steroid dienone is 1. The molecule has 3 nitrogen and oxygen atoms in total. The van der Waals surface area contributed by atoms with Gasteiger partial charge in [0.1, 0.15) is 14.2 Å². The highest BCUT2D eigenvalue weighted by Gasteiger charge is 2.62. The lowest BCUT2D eigenvalue weighted by Gasteiger charge is -2.43. The van der Waals surface area contributed by atoms with Gasteiger partial charge in [0, 0.05) is 17.8 Å². The summed E-state index contributed by atoms with van der Waals surface area (Å²) in [5, 5.41) is 11.2. The number of rotatable bonds is 6. The second kappa shape index (κ2) is 8.41. The number of ether oxygens (including phenoxy) is 2. The quantitative estimate of drug-likeness (QED) is 0.378. The maximum absolute atomic E-state index is 11.2. The highest BCUT2D eigenvalue weighted by molar-refractivity contribution is 6.90. The van der Waals surface area contributed by atoms with Crippen LogP contribution in [-0.2, 0) is 9.47 Å². The van der Waals surface area contributed by atoms with Gasteiger partial charge >= 0.3 is 0 Å².